The lowest BCUT2D eigenvalue weighted by molar-refractivity contribution is -0.122. The predicted molar refractivity (Wildman–Crippen MR) is 88.8 cm³/mol. The molecule has 2 aromatic rings. The summed E-state index contributed by atoms with van der Waals surface area (Å²) in [6.07, 6.45) is 4.41. The summed E-state index contributed by atoms with van der Waals surface area (Å²) in [5, 5.41) is 4.81. The number of amides is 1. The quantitative estimate of drug-likeness (QED) is 0.849. The molecular formula is C16H19N3O2S. The second-order valence-corrected chi connectivity index (χ2v) is 6.46. The molecule has 1 aliphatic carbocycles. The van der Waals surface area contributed by atoms with Crippen LogP contribution in [0.3, 0.4) is 0 Å². The zero-order valence-electron chi connectivity index (χ0n) is 12.2. The highest BCUT2D eigenvalue weighted by molar-refractivity contribution is 7.07. The van der Waals surface area contributed by atoms with Crippen LogP contribution in [0.15, 0.2) is 34.4 Å². The molecule has 1 aromatic heterocycles. The number of hydrogen-bond acceptors (Lipinski definition) is 4. The van der Waals surface area contributed by atoms with Crippen LogP contribution in [0.1, 0.15) is 25.7 Å². The van der Waals surface area contributed by atoms with Gasteiger partial charge in [0, 0.05) is 17.1 Å². The monoisotopic (exact) mass is 317 g/mol. The summed E-state index contributed by atoms with van der Waals surface area (Å²) in [5.41, 5.74) is 8.01. The fourth-order valence-electron chi connectivity index (χ4n) is 2.85. The summed E-state index contributed by atoms with van der Waals surface area (Å²) in [5.74, 6) is -0.0934. The standard InChI is InChI=1S/C16H19N3O2S/c17-12-7-5-11(6-8-12)14-10-22-16(21)19(14)9-15(20)18-13-3-1-2-4-13/h5-8,10,13H,1-4,9,17H2,(H,18,20). The first-order valence-corrected chi connectivity index (χ1v) is 8.35. The fourth-order valence-corrected chi connectivity index (χ4v) is 3.61. The molecule has 3 N–H and O–H groups in total. The highest BCUT2D eigenvalue weighted by Crippen LogP contribution is 2.21. The predicted octanol–water partition coefficient (Wildman–Crippen LogP) is 2.22. The summed E-state index contributed by atoms with van der Waals surface area (Å²) in [6.45, 7) is 0.0680. The van der Waals surface area contributed by atoms with Gasteiger partial charge in [-0.15, -0.1) is 0 Å². The Morgan fingerprint density at radius 1 is 1.27 bits per heavy atom. The summed E-state index contributed by atoms with van der Waals surface area (Å²) in [6, 6.07) is 7.58. The van der Waals surface area contributed by atoms with Gasteiger partial charge in [0.05, 0.1) is 5.69 Å². The van der Waals surface area contributed by atoms with Gasteiger partial charge in [0.2, 0.25) is 5.91 Å². The highest BCUT2D eigenvalue weighted by atomic mass is 32.1. The molecule has 22 heavy (non-hydrogen) atoms. The molecule has 1 aliphatic rings. The molecule has 1 saturated carbocycles. The molecule has 5 nitrogen and oxygen atoms in total. The second kappa shape index (κ2) is 6.36. The van der Waals surface area contributed by atoms with Crippen LogP contribution in [0.4, 0.5) is 5.69 Å². The SMILES string of the molecule is Nc1ccc(-c2csc(=O)n2CC(=O)NC2CCCC2)cc1. The van der Waals surface area contributed by atoms with E-state index in [4.69, 9.17) is 5.73 Å². The van der Waals surface area contributed by atoms with Gasteiger partial charge in [-0.25, -0.2) is 0 Å². The van der Waals surface area contributed by atoms with Crippen molar-refractivity contribution in [3.8, 4) is 11.3 Å². The minimum Gasteiger partial charge on any atom is -0.399 e. The number of nitrogen functional groups attached to an aromatic ring is 1. The average Bonchev–Trinajstić information content (AvgIpc) is 3.11. The van der Waals surface area contributed by atoms with E-state index in [0.29, 0.717) is 5.69 Å². The third-order valence-corrected chi connectivity index (χ3v) is 4.77. The van der Waals surface area contributed by atoms with E-state index >= 15 is 0 Å². The number of carbonyl (C=O) groups is 1. The minimum absolute atomic E-state index is 0.0680. The normalized spacial score (nSPS) is 15.1. The topological polar surface area (TPSA) is 77.1 Å². The van der Waals surface area contributed by atoms with E-state index in [9.17, 15) is 9.59 Å². The third-order valence-electron chi connectivity index (χ3n) is 4.01. The van der Waals surface area contributed by atoms with E-state index in [2.05, 4.69) is 5.32 Å². The molecule has 0 atom stereocenters. The first-order chi connectivity index (χ1) is 10.6. The average molecular weight is 317 g/mol. The van der Waals surface area contributed by atoms with Gasteiger partial charge in [0.1, 0.15) is 6.54 Å². The maximum absolute atomic E-state index is 12.2. The number of benzene rings is 1. The number of aromatic nitrogens is 1. The van der Waals surface area contributed by atoms with Crippen LogP contribution in [0.25, 0.3) is 11.3 Å². The molecule has 0 spiro atoms. The van der Waals surface area contributed by atoms with E-state index < -0.39 is 0 Å². The Morgan fingerprint density at radius 3 is 2.64 bits per heavy atom. The van der Waals surface area contributed by atoms with Crippen LogP contribution in [0.2, 0.25) is 0 Å². The zero-order valence-corrected chi connectivity index (χ0v) is 13.1. The summed E-state index contributed by atoms with van der Waals surface area (Å²) >= 11 is 1.11. The summed E-state index contributed by atoms with van der Waals surface area (Å²) in [4.78, 5) is 24.1. The molecule has 116 valence electrons. The molecule has 0 bridgehead atoms. The van der Waals surface area contributed by atoms with E-state index in [1.165, 1.54) is 17.4 Å². The lowest BCUT2D eigenvalue weighted by Crippen LogP contribution is -2.36. The van der Waals surface area contributed by atoms with Crippen molar-refractivity contribution in [1.82, 2.24) is 9.88 Å². The number of hydrogen-bond donors (Lipinski definition) is 2. The smallest absolute Gasteiger partial charge is 0.308 e. The van der Waals surface area contributed by atoms with E-state index in [-0.39, 0.29) is 23.4 Å². The summed E-state index contributed by atoms with van der Waals surface area (Å²) in [7, 11) is 0. The Hall–Kier alpha value is -2.08. The van der Waals surface area contributed by atoms with Crippen LogP contribution < -0.4 is 15.9 Å². The molecule has 6 heteroatoms. The number of carbonyl (C=O) groups excluding carboxylic acids is 1. The first-order valence-electron chi connectivity index (χ1n) is 7.47. The van der Waals surface area contributed by atoms with Gasteiger partial charge in [-0.1, -0.05) is 36.3 Å². The third kappa shape index (κ3) is 3.22. The van der Waals surface area contributed by atoms with Crippen LogP contribution in [0.5, 0.6) is 0 Å². The number of anilines is 1. The van der Waals surface area contributed by atoms with Crippen LogP contribution in [0, 0.1) is 0 Å². The highest BCUT2D eigenvalue weighted by Gasteiger charge is 2.18. The number of nitrogens with two attached hydrogens (primary N) is 1. The number of thiazole rings is 1. The van der Waals surface area contributed by atoms with Gasteiger partial charge in [0.15, 0.2) is 0 Å². The van der Waals surface area contributed by atoms with Gasteiger partial charge in [0.25, 0.3) is 0 Å². The maximum atomic E-state index is 12.2. The van der Waals surface area contributed by atoms with Gasteiger partial charge in [-0.3, -0.25) is 14.2 Å². The minimum atomic E-state index is -0.117. The molecule has 1 fully saturated rings. The van der Waals surface area contributed by atoms with Crippen molar-refractivity contribution in [1.29, 1.82) is 0 Å². The number of nitrogens with zero attached hydrogens (tertiary/aromatic N) is 1. The van der Waals surface area contributed by atoms with E-state index in [1.54, 1.807) is 17.5 Å². The lowest BCUT2D eigenvalue weighted by Gasteiger charge is -2.13. The van der Waals surface area contributed by atoms with Gasteiger partial charge in [-0.05, 0) is 30.5 Å². The summed E-state index contributed by atoms with van der Waals surface area (Å²) < 4.78 is 1.53. The largest absolute Gasteiger partial charge is 0.399 e. The van der Waals surface area contributed by atoms with Crippen molar-refractivity contribution < 1.29 is 4.79 Å². The lowest BCUT2D eigenvalue weighted by atomic mass is 10.1. The molecule has 3 rings (SSSR count). The van der Waals surface area contributed by atoms with Crippen molar-refractivity contribution in [3.05, 3.63) is 39.3 Å². The molecular weight excluding hydrogens is 298 g/mol. The number of nitrogens with one attached hydrogen (secondary N) is 1. The Balaban J connectivity index is 1.78. The van der Waals surface area contributed by atoms with Crippen LogP contribution >= 0.6 is 11.3 Å². The first kappa shape index (κ1) is 14.8. The molecule has 1 amide bonds. The second-order valence-electron chi connectivity index (χ2n) is 5.64. The Kier molecular flexibility index (Phi) is 4.29. The van der Waals surface area contributed by atoms with Gasteiger partial charge >= 0.3 is 4.87 Å². The van der Waals surface area contributed by atoms with E-state index in [1.807, 2.05) is 12.1 Å². The van der Waals surface area contributed by atoms with Crippen LogP contribution in [-0.2, 0) is 11.3 Å². The Morgan fingerprint density at radius 2 is 1.95 bits per heavy atom. The molecule has 1 heterocycles. The molecule has 0 radical (unpaired) electrons. The molecule has 1 aromatic carbocycles. The van der Waals surface area contributed by atoms with Gasteiger partial charge in [-0.2, -0.15) is 0 Å². The number of rotatable bonds is 4. The van der Waals surface area contributed by atoms with Gasteiger partial charge < -0.3 is 11.1 Å². The fraction of sp³-hybridized carbons (Fsp3) is 0.375. The van der Waals surface area contributed by atoms with Crippen molar-refractivity contribution in [2.24, 2.45) is 0 Å². The van der Waals surface area contributed by atoms with Crippen molar-refractivity contribution >= 4 is 22.9 Å². The Bertz CT molecular complexity index is 712. The molecule has 0 unspecified atom stereocenters. The Labute approximate surface area is 132 Å². The van der Waals surface area contributed by atoms with Crippen molar-refractivity contribution in [3.63, 3.8) is 0 Å². The zero-order chi connectivity index (χ0) is 15.5. The van der Waals surface area contributed by atoms with E-state index in [0.717, 1.165) is 35.4 Å². The van der Waals surface area contributed by atoms with Crippen LogP contribution in [-0.4, -0.2) is 16.5 Å². The van der Waals surface area contributed by atoms with Crippen molar-refractivity contribution in [2.45, 2.75) is 38.3 Å². The van der Waals surface area contributed by atoms with Crippen molar-refractivity contribution in [2.75, 3.05) is 5.73 Å². The maximum Gasteiger partial charge on any atom is 0.308 e. The molecule has 0 saturated heterocycles. The molecule has 0 aliphatic heterocycles.